The quantitative estimate of drug-likeness (QED) is 0.578. The standard InChI is InChI=1S/C17H12BrCl2N3O2/c18-11-6-4-10(5-7-11)17-22-15(25-23-17)9-8-14(24)21-16-12(19)2-1-3-13(16)20/h1-7H,8-9H2,(H,21,24). The van der Waals surface area contributed by atoms with Gasteiger partial charge in [0.1, 0.15) is 0 Å². The van der Waals surface area contributed by atoms with Crippen LogP contribution < -0.4 is 5.32 Å². The van der Waals surface area contributed by atoms with Crippen LogP contribution in [0.1, 0.15) is 12.3 Å². The Morgan fingerprint density at radius 2 is 1.80 bits per heavy atom. The maximum Gasteiger partial charge on any atom is 0.227 e. The van der Waals surface area contributed by atoms with Crippen LogP contribution >= 0.6 is 39.1 Å². The molecule has 0 unspecified atom stereocenters. The Hall–Kier alpha value is -1.89. The zero-order valence-corrected chi connectivity index (χ0v) is 15.9. The molecule has 0 saturated carbocycles. The topological polar surface area (TPSA) is 68.0 Å². The molecule has 2 aromatic carbocycles. The monoisotopic (exact) mass is 439 g/mol. The van der Waals surface area contributed by atoms with E-state index in [1.807, 2.05) is 24.3 Å². The number of benzene rings is 2. The van der Waals surface area contributed by atoms with E-state index < -0.39 is 0 Å². The first kappa shape index (κ1) is 17.9. The summed E-state index contributed by atoms with van der Waals surface area (Å²) in [5, 5.41) is 7.40. The van der Waals surface area contributed by atoms with Crippen LogP contribution in [-0.4, -0.2) is 16.0 Å². The largest absolute Gasteiger partial charge is 0.339 e. The van der Waals surface area contributed by atoms with Crippen molar-refractivity contribution in [2.45, 2.75) is 12.8 Å². The predicted octanol–water partition coefficient (Wildman–Crippen LogP) is 5.38. The summed E-state index contributed by atoms with van der Waals surface area (Å²) in [5.41, 5.74) is 1.24. The smallest absolute Gasteiger partial charge is 0.227 e. The third-order valence-corrected chi connectivity index (χ3v) is 4.52. The van der Waals surface area contributed by atoms with Crippen LogP contribution in [0.25, 0.3) is 11.4 Å². The molecule has 3 aromatic rings. The van der Waals surface area contributed by atoms with E-state index in [0.717, 1.165) is 10.0 Å². The Labute approximate surface area is 162 Å². The second-order valence-corrected chi connectivity index (χ2v) is 6.89. The Kier molecular flexibility index (Phi) is 5.73. The van der Waals surface area contributed by atoms with Crippen molar-refractivity contribution >= 4 is 50.7 Å². The van der Waals surface area contributed by atoms with E-state index in [9.17, 15) is 4.79 Å². The van der Waals surface area contributed by atoms with E-state index >= 15 is 0 Å². The lowest BCUT2D eigenvalue weighted by Crippen LogP contribution is -2.13. The van der Waals surface area contributed by atoms with Gasteiger partial charge in [-0.25, -0.2) is 0 Å². The fourth-order valence-corrected chi connectivity index (χ4v) is 2.87. The van der Waals surface area contributed by atoms with Crippen molar-refractivity contribution in [3.63, 3.8) is 0 Å². The van der Waals surface area contributed by atoms with Gasteiger partial charge >= 0.3 is 0 Å². The molecule has 0 spiro atoms. The minimum absolute atomic E-state index is 0.170. The molecular weight excluding hydrogens is 429 g/mol. The molecule has 1 amide bonds. The zero-order chi connectivity index (χ0) is 17.8. The molecule has 25 heavy (non-hydrogen) atoms. The van der Waals surface area contributed by atoms with Crippen molar-refractivity contribution in [1.82, 2.24) is 10.1 Å². The molecule has 0 atom stereocenters. The van der Waals surface area contributed by atoms with Gasteiger partial charge in [0.25, 0.3) is 0 Å². The highest BCUT2D eigenvalue weighted by Crippen LogP contribution is 2.30. The van der Waals surface area contributed by atoms with Gasteiger partial charge < -0.3 is 9.84 Å². The summed E-state index contributed by atoms with van der Waals surface area (Å²) in [6.45, 7) is 0. The number of anilines is 1. The third kappa shape index (κ3) is 4.60. The van der Waals surface area contributed by atoms with E-state index in [-0.39, 0.29) is 12.3 Å². The van der Waals surface area contributed by atoms with Gasteiger partial charge in [0, 0.05) is 22.9 Å². The Morgan fingerprint density at radius 3 is 2.48 bits per heavy atom. The van der Waals surface area contributed by atoms with Crippen LogP contribution in [0.2, 0.25) is 10.0 Å². The molecule has 0 saturated heterocycles. The summed E-state index contributed by atoms with van der Waals surface area (Å²) in [4.78, 5) is 16.4. The van der Waals surface area contributed by atoms with Gasteiger partial charge in [-0.2, -0.15) is 4.98 Å². The van der Waals surface area contributed by atoms with Gasteiger partial charge in [-0.05, 0) is 36.4 Å². The van der Waals surface area contributed by atoms with Crippen LogP contribution in [0.5, 0.6) is 0 Å². The molecule has 3 rings (SSSR count). The number of hydrogen-bond acceptors (Lipinski definition) is 4. The fraction of sp³-hybridized carbons (Fsp3) is 0.118. The minimum Gasteiger partial charge on any atom is -0.339 e. The molecule has 1 heterocycles. The molecule has 1 aromatic heterocycles. The maximum atomic E-state index is 12.1. The van der Waals surface area contributed by atoms with Gasteiger partial charge in [-0.3, -0.25) is 4.79 Å². The van der Waals surface area contributed by atoms with Gasteiger partial charge in [0.05, 0.1) is 15.7 Å². The van der Waals surface area contributed by atoms with Gasteiger partial charge in [0.15, 0.2) is 0 Å². The molecular formula is C17H12BrCl2N3O2. The first-order valence-corrected chi connectivity index (χ1v) is 8.90. The van der Waals surface area contributed by atoms with Gasteiger partial charge in [-0.1, -0.05) is 50.4 Å². The molecule has 5 nitrogen and oxygen atoms in total. The number of carbonyl (C=O) groups is 1. The Balaban J connectivity index is 1.60. The highest BCUT2D eigenvalue weighted by Gasteiger charge is 2.13. The number of halogens is 3. The average molecular weight is 441 g/mol. The number of amides is 1. The molecule has 1 N–H and O–H groups in total. The molecule has 0 fully saturated rings. The summed E-state index contributed by atoms with van der Waals surface area (Å²) in [6, 6.07) is 12.6. The summed E-state index contributed by atoms with van der Waals surface area (Å²) in [6.07, 6.45) is 0.487. The van der Waals surface area contributed by atoms with Crippen molar-refractivity contribution in [3.8, 4) is 11.4 Å². The molecule has 128 valence electrons. The van der Waals surface area contributed by atoms with Crippen molar-refractivity contribution in [1.29, 1.82) is 0 Å². The van der Waals surface area contributed by atoms with Gasteiger partial charge in [0.2, 0.25) is 17.6 Å². The minimum atomic E-state index is -0.238. The lowest BCUT2D eigenvalue weighted by atomic mass is 10.2. The Morgan fingerprint density at radius 1 is 1.12 bits per heavy atom. The summed E-state index contributed by atoms with van der Waals surface area (Å²) >= 11 is 15.4. The maximum absolute atomic E-state index is 12.1. The van der Waals surface area contributed by atoms with Crippen molar-refractivity contribution in [2.75, 3.05) is 5.32 Å². The van der Waals surface area contributed by atoms with E-state index in [2.05, 4.69) is 31.4 Å². The lowest BCUT2D eigenvalue weighted by Gasteiger charge is -2.08. The number of nitrogens with one attached hydrogen (secondary N) is 1. The molecule has 0 aliphatic heterocycles. The number of carbonyl (C=O) groups excluding carboxylic acids is 1. The molecule has 0 aliphatic carbocycles. The van der Waals surface area contributed by atoms with Crippen LogP contribution in [0, 0.1) is 0 Å². The van der Waals surface area contributed by atoms with Crippen molar-refractivity contribution < 1.29 is 9.32 Å². The SMILES string of the molecule is O=C(CCc1nc(-c2ccc(Br)cc2)no1)Nc1c(Cl)cccc1Cl. The highest BCUT2D eigenvalue weighted by molar-refractivity contribution is 9.10. The second kappa shape index (κ2) is 7.99. The number of para-hydroxylation sites is 1. The second-order valence-electron chi connectivity index (χ2n) is 5.16. The van der Waals surface area contributed by atoms with E-state index in [1.165, 1.54) is 0 Å². The third-order valence-electron chi connectivity index (χ3n) is 3.36. The zero-order valence-electron chi connectivity index (χ0n) is 12.8. The van der Waals surface area contributed by atoms with E-state index in [4.69, 9.17) is 27.7 Å². The van der Waals surface area contributed by atoms with Crippen LogP contribution in [0.4, 0.5) is 5.69 Å². The Bertz CT molecular complexity index is 877. The summed E-state index contributed by atoms with van der Waals surface area (Å²) in [7, 11) is 0. The van der Waals surface area contributed by atoms with Crippen LogP contribution in [0.15, 0.2) is 51.5 Å². The predicted molar refractivity (Wildman–Crippen MR) is 101 cm³/mol. The number of rotatable bonds is 5. The van der Waals surface area contributed by atoms with E-state index in [0.29, 0.717) is 33.9 Å². The van der Waals surface area contributed by atoms with Crippen molar-refractivity contribution in [2.24, 2.45) is 0 Å². The molecule has 0 aliphatic rings. The number of hydrogen-bond donors (Lipinski definition) is 1. The average Bonchev–Trinajstić information content (AvgIpc) is 3.06. The summed E-state index contributed by atoms with van der Waals surface area (Å²) in [5.74, 6) is 0.633. The molecule has 0 bridgehead atoms. The van der Waals surface area contributed by atoms with Crippen LogP contribution in [0.3, 0.4) is 0 Å². The lowest BCUT2D eigenvalue weighted by molar-refractivity contribution is -0.116. The number of nitrogens with zero attached hydrogens (tertiary/aromatic N) is 2. The fourth-order valence-electron chi connectivity index (χ4n) is 2.11. The molecule has 0 radical (unpaired) electrons. The number of aromatic nitrogens is 2. The molecule has 8 heteroatoms. The summed E-state index contributed by atoms with van der Waals surface area (Å²) < 4.78 is 6.16. The first-order chi connectivity index (χ1) is 12.0. The van der Waals surface area contributed by atoms with Crippen molar-refractivity contribution in [3.05, 3.63) is 62.9 Å². The van der Waals surface area contributed by atoms with Gasteiger partial charge in [-0.15, -0.1) is 0 Å². The van der Waals surface area contributed by atoms with Crippen LogP contribution in [-0.2, 0) is 11.2 Å². The normalized spacial score (nSPS) is 10.7. The highest BCUT2D eigenvalue weighted by atomic mass is 79.9. The number of aryl methyl sites for hydroxylation is 1. The first-order valence-electron chi connectivity index (χ1n) is 7.35. The van der Waals surface area contributed by atoms with E-state index in [1.54, 1.807) is 18.2 Å².